The van der Waals surface area contributed by atoms with Gasteiger partial charge in [0.2, 0.25) is 11.8 Å². The molecule has 3 atom stereocenters. The minimum absolute atomic E-state index is 0.104. The largest absolute Gasteiger partial charge is 0.368 e. The van der Waals surface area contributed by atoms with Crippen LogP contribution in [0.1, 0.15) is 47.5 Å². The molecule has 0 aromatic carbocycles. The number of primary amides is 1. The van der Waals surface area contributed by atoms with E-state index in [1.54, 1.807) is 13.8 Å². The molecular weight excluding hydrogens is 242 g/mol. The van der Waals surface area contributed by atoms with Crippen molar-refractivity contribution in [2.45, 2.75) is 59.0 Å². The van der Waals surface area contributed by atoms with Crippen molar-refractivity contribution in [1.82, 2.24) is 5.32 Å². The predicted octanol–water partition coefficient (Wildman–Crippen LogP) is 0.766. The third-order valence-corrected chi connectivity index (χ3v) is 4.87. The zero-order chi connectivity index (χ0) is 15.0. The molecule has 0 saturated heterocycles. The highest BCUT2D eigenvalue weighted by Gasteiger charge is 2.46. The summed E-state index contributed by atoms with van der Waals surface area (Å²) in [6.07, 6.45) is 1.58. The van der Waals surface area contributed by atoms with Crippen molar-refractivity contribution < 1.29 is 9.59 Å². The van der Waals surface area contributed by atoms with Crippen LogP contribution in [0.2, 0.25) is 0 Å². The van der Waals surface area contributed by atoms with Crippen LogP contribution in [0.15, 0.2) is 0 Å². The lowest BCUT2D eigenvalue weighted by atomic mass is 9.61. The molecule has 0 radical (unpaired) electrons. The second kappa shape index (κ2) is 5.12. The molecule has 5 nitrogen and oxygen atoms in total. The molecule has 1 rings (SSSR count). The molecule has 19 heavy (non-hydrogen) atoms. The van der Waals surface area contributed by atoms with Crippen molar-refractivity contribution in [2.75, 3.05) is 0 Å². The fourth-order valence-corrected chi connectivity index (χ4v) is 2.78. The normalized spacial score (nSPS) is 30.7. The summed E-state index contributed by atoms with van der Waals surface area (Å²) in [7, 11) is 0. The molecule has 3 unspecified atom stereocenters. The summed E-state index contributed by atoms with van der Waals surface area (Å²) < 4.78 is 0. The van der Waals surface area contributed by atoms with Crippen LogP contribution in [-0.4, -0.2) is 23.4 Å². The van der Waals surface area contributed by atoms with Crippen LogP contribution in [0.5, 0.6) is 0 Å². The third kappa shape index (κ3) is 3.08. The molecule has 0 spiro atoms. The van der Waals surface area contributed by atoms with Crippen molar-refractivity contribution in [3.05, 3.63) is 0 Å². The molecule has 0 bridgehead atoms. The van der Waals surface area contributed by atoms with Crippen molar-refractivity contribution in [2.24, 2.45) is 28.7 Å². The lowest BCUT2D eigenvalue weighted by Gasteiger charge is -2.46. The number of rotatable bonds is 3. The van der Waals surface area contributed by atoms with E-state index in [1.165, 1.54) is 0 Å². The molecule has 0 aromatic heterocycles. The van der Waals surface area contributed by atoms with Crippen LogP contribution in [0.4, 0.5) is 0 Å². The Labute approximate surface area is 115 Å². The molecule has 0 aliphatic heterocycles. The Morgan fingerprint density at radius 2 is 1.79 bits per heavy atom. The first-order valence-electron chi connectivity index (χ1n) is 6.87. The van der Waals surface area contributed by atoms with Gasteiger partial charge in [0.15, 0.2) is 0 Å². The van der Waals surface area contributed by atoms with Crippen LogP contribution >= 0.6 is 0 Å². The number of carbonyl (C=O) groups is 2. The maximum Gasteiger partial charge on any atom is 0.242 e. The van der Waals surface area contributed by atoms with E-state index in [0.29, 0.717) is 0 Å². The average molecular weight is 269 g/mol. The number of amides is 2. The van der Waals surface area contributed by atoms with E-state index in [9.17, 15) is 9.59 Å². The summed E-state index contributed by atoms with van der Waals surface area (Å²) in [5.41, 5.74) is 10.2. The van der Waals surface area contributed by atoms with E-state index >= 15 is 0 Å². The predicted molar refractivity (Wildman–Crippen MR) is 75.1 cm³/mol. The fraction of sp³-hybridized carbons (Fsp3) is 0.857. The standard InChI is InChI=1S/C14H27N3O2/c1-8-10(15)7-6-9(13(8,2)3)11(18)17-14(4,5)12(16)19/h8-10H,6-7,15H2,1-5H3,(H2,16,19)(H,17,18). The third-order valence-electron chi connectivity index (χ3n) is 4.87. The average Bonchev–Trinajstić information content (AvgIpc) is 2.24. The van der Waals surface area contributed by atoms with E-state index in [1.807, 2.05) is 0 Å². The van der Waals surface area contributed by atoms with Crippen molar-refractivity contribution in [1.29, 1.82) is 0 Å². The highest BCUT2D eigenvalue weighted by atomic mass is 16.2. The van der Waals surface area contributed by atoms with Crippen LogP contribution in [-0.2, 0) is 9.59 Å². The first-order chi connectivity index (χ1) is 8.50. The van der Waals surface area contributed by atoms with E-state index in [4.69, 9.17) is 11.5 Å². The minimum atomic E-state index is -1.02. The van der Waals surface area contributed by atoms with E-state index in [-0.39, 0.29) is 29.2 Å². The highest BCUT2D eigenvalue weighted by molar-refractivity contribution is 5.90. The smallest absolute Gasteiger partial charge is 0.242 e. The molecule has 1 aliphatic rings. The van der Waals surface area contributed by atoms with E-state index in [0.717, 1.165) is 12.8 Å². The van der Waals surface area contributed by atoms with Gasteiger partial charge in [0.25, 0.3) is 0 Å². The lowest BCUT2D eigenvalue weighted by molar-refractivity contribution is -0.138. The van der Waals surface area contributed by atoms with Gasteiger partial charge in [-0.05, 0) is 38.0 Å². The van der Waals surface area contributed by atoms with Gasteiger partial charge >= 0.3 is 0 Å². The number of hydrogen-bond donors (Lipinski definition) is 3. The quantitative estimate of drug-likeness (QED) is 0.705. The molecule has 110 valence electrons. The molecule has 2 amide bonds. The van der Waals surface area contributed by atoms with Crippen LogP contribution < -0.4 is 16.8 Å². The monoisotopic (exact) mass is 269 g/mol. The number of nitrogens with two attached hydrogens (primary N) is 2. The zero-order valence-corrected chi connectivity index (χ0v) is 12.6. The second-order valence-electron chi connectivity index (χ2n) is 6.88. The van der Waals surface area contributed by atoms with Crippen LogP contribution in [0, 0.1) is 17.3 Å². The summed E-state index contributed by atoms with van der Waals surface area (Å²) in [4.78, 5) is 23.7. The Morgan fingerprint density at radius 3 is 2.26 bits per heavy atom. The van der Waals surface area contributed by atoms with Gasteiger partial charge in [-0.3, -0.25) is 9.59 Å². The zero-order valence-electron chi connectivity index (χ0n) is 12.6. The first-order valence-corrected chi connectivity index (χ1v) is 6.87. The molecule has 1 fully saturated rings. The topological polar surface area (TPSA) is 98.2 Å². The van der Waals surface area contributed by atoms with E-state index < -0.39 is 11.4 Å². The molecule has 0 aromatic rings. The molecule has 5 heteroatoms. The van der Waals surface area contributed by atoms with Crippen LogP contribution in [0.25, 0.3) is 0 Å². The summed E-state index contributed by atoms with van der Waals surface area (Å²) >= 11 is 0. The summed E-state index contributed by atoms with van der Waals surface area (Å²) in [5.74, 6) is -0.513. The van der Waals surface area contributed by atoms with Gasteiger partial charge < -0.3 is 16.8 Å². The molecule has 1 aliphatic carbocycles. The van der Waals surface area contributed by atoms with Gasteiger partial charge in [0.1, 0.15) is 5.54 Å². The van der Waals surface area contributed by atoms with Gasteiger partial charge in [0.05, 0.1) is 0 Å². The Kier molecular flexibility index (Phi) is 4.30. The van der Waals surface area contributed by atoms with Gasteiger partial charge in [-0.2, -0.15) is 0 Å². The Bertz CT molecular complexity index is 377. The molecule has 0 heterocycles. The summed E-state index contributed by atoms with van der Waals surface area (Å²) in [6.45, 7) is 9.47. The van der Waals surface area contributed by atoms with Crippen molar-refractivity contribution in [3.63, 3.8) is 0 Å². The van der Waals surface area contributed by atoms with Crippen molar-refractivity contribution >= 4 is 11.8 Å². The highest BCUT2D eigenvalue weighted by Crippen LogP contribution is 2.44. The maximum atomic E-state index is 12.4. The fourth-order valence-electron chi connectivity index (χ4n) is 2.78. The second-order valence-corrected chi connectivity index (χ2v) is 6.88. The number of nitrogens with one attached hydrogen (secondary N) is 1. The van der Waals surface area contributed by atoms with Gasteiger partial charge in [-0.1, -0.05) is 20.8 Å². The van der Waals surface area contributed by atoms with Crippen molar-refractivity contribution in [3.8, 4) is 0 Å². The summed E-state index contributed by atoms with van der Waals surface area (Å²) in [5, 5.41) is 2.76. The molecule has 5 N–H and O–H groups in total. The molecule has 1 saturated carbocycles. The minimum Gasteiger partial charge on any atom is -0.368 e. The summed E-state index contributed by atoms with van der Waals surface area (Å²) in [6, 6.07) is 0.128. The van der Waals surface area contributed by atoms with Gasteiger partial charge in [0, 0.05) is 12.0 Å². The maximum absolute atomic E-state index is 12.4. The number of hydrogen-bond acceptors (Lipinski definition) is 3. The molecular formula is C14H27N3O2. The Morgan fingerprint density at radius 1 is 1.26 bits per heavy atom. The van der Waals surface area contributed by atoms with Gasteiger partial charge in [-0.15, -0.1) is 0 Å². The van der Waals surface area contributed by atoms with E-state index in [2.05, 4.69) is 26.1 Å². The lowest BCUT2D eigenvalue weighted by Crippen LogP contribution is -2.58. The Hall–Kier alpha value is -1.10. The first kappa shape index (κ1) is 16.0. The van der Waals surface area contributed by atoms with Gasteiger partial charge in [-0.25, -0.2) is 0 Å². The van der Waals surface area contributed by atoms with Crippen LogP contribution in [0.3, 0.4) is 0 Å². The number of carbonyl (C=O) groups excluding carboxylic acids is 2. The SMILES string of the molecule is CC1C(N)CCC(C(=O)NC(C)(C)C(N)=O)C1(C)C. The Balaban J connectivity index is 2.86.